The third-order valence-corrected chi connectivity index (χ3v) is 4.06. The quantitative estimate of drug-likeness (QED) is 0.780. The molecule has 1 atom stereocenters. The van der Waals surface area contributed by atoms with E-state index in [2.05, 4.69) is 28.7 Å². The molecule has 1 heterocycles. The number of H-pyrrole nitrogens is 1. The van der Waals surface area contributed by atoms with Gasteiger partial charge in [0, 0.05) is 12.5 Å². The fourth-order valence-corrected chi connectivity index (χ4v) is 2.55. The standard InChI is InChI=1S/C17H23N3O3/c1-3-12(2)20(10-6-9-16(21)22)11-15-18-14-8-5-4-7-13(14)17(23)19-15/h4-5,7-8,12H,3,6,9-11H2,1-2H3,(H,21,22)(H,18,19,23). The van der Waals surface area contributed by atoms with E-state index in [1.165, 1.54) is 0 Å². The Morgan fingerprint density at radius 2 is 2.13 bits per heavy atom. The van der Waals surface area contributed by atoms with Gasteiger partial charge in [-0.25, -0.2) is 4.98 Å². The van der Waals surface area contributed by atoms with Gasteiger partial charge in [-0.1, -0.05) is 19.1 Å². The van der Waals surface area contributed by atoms with Gasteiger partial charge in [-0.05, 0) is 38.4 Å². The van der Waals surface area contributed by atoms with Crippen LogP contribution in [0.15, 0.2) is 29.1 Å². The molecule has 6 nitrogen and oxygen atoms in total. The summed E-state index contributed by atoms with van der Waals surface area (Å²) in [5.41, 5.74) is 0.543. The molecule has 1 unspecified atom stereocenters. The van der Waals surface area contributed by atoms with Crippen molar-refractivity contribution in [3.8, 4) is 0 Å². The average Bonchev–Trinajstić information content (AvgIpc) is 2.53. The summed E-state index contributed by atoms with van der Waals surface area (Å²) in [5.74, 6) is -0.171. The van der Waals surface area contributed by atoms with E-state index in [0.29, 0.717) is 42.3 Å². The van der Waals surface area contributed by atoms with Gasteiger partial charge in [0.25, 0.3) is 5.56 Å². The van der Waals surface area contributed by atoms with Crippen molar-refractivity contribution in [2.45, 2.75) is 45.7 Å². The number of aromatic amines is 1. The molecule has 0 amide bonds. The number of para-hydroxylation sites is 1. The van der Waals surface area contributed by atoms with Crippen LogP contribution in [0.1, 0.15) is 38.9 Å². The zero-order valence-electron chi connectivity index (χ0n) is 13.6. The van der Waals surface area contributed by atoms with Gasteiger partial charge in [0.05, 0.1) is 17.4 Å². The molecule has 1 aromatic carbocycles. The maximum absolute atomic E-state index is 12.1. The lowest BCUT2D eigenvalue weighted by Crippen LogP contribution is -2.34. The number of aromatic nitrogens is 2. The molecule has 2 N–H and O–H groups in total. The molecule has 0 fully saturated rings. The Morgan fingerprint density at radius 3 is 2.83 bits per heavy atom. The molecule has 1 aromatic heterocycles. The van der Waals surface area contributed by atoms with E-state index in [1.807, 2.05) is 18.2 Å². The number of rotatable bonds is 8. The van der Waals surface area contributed by atoms with E-state index in [1.54, 1.807) is 6.07 Å². The highest BCUT2D eigenvalue weighted by Gasteiger charge is 2.15. The summed E-state index contributed by atoms with van der Waals surface area (Å²) >= 11 is 0. The van der Waals surface area contributed by atoms with E-state index in [-0.39, 0.29) is 12.0 Å². The van der Waals surface area contributed by atoms with Crippen molar-refractivity contribution < 1.29 is 9.90 Å². The Bertz CT molecular complexity index is 726. The maximum atomic E-state index is 12.1. The Morgan fingerprint density at radius 1 is 1.39 bits per heavy atom. The van der Waals surface area contributed by atoms with Crippen molar-refractivity contribution in [2.24, 2.45) is 0 Å². The van der Waals surface area contributed by atoms with Crippen LogP contribution in [0.2, 0.25) is 0 Å². The molecule has 0 saturated carbocycles. The molecule has 0 aliphatic carbocycles. The zero-order chi connectivity index (χ0) is 16.8. The monoisotopic (exact) mass is 317 g/mol. The Labute approximate surface area is 135 Å². The van der Waals surface area contributed by atoms with Crippen molar-refractivity contribution in [2.75, 3.05) is 6.54 Å². The molecule has 124 valence electrons. The lowest BCUT2D eigenvalue weighted by Gasteiger charge is -2.27. The normalized spacial score (nSPS) is 12.7. The minimum atomic E-state index is -0.786. The minimum Gasteiger partial charge on any atom is -0.481 e. The second-order valence-corrected chi connectivity index (χ2v) is 5.75. The van der Waals surface area contributed by atoms with Gasteiger partial charge >= 0.3 is 5.97 Å². The first-order valence-corrected chi connectivity index (χ1v) is 7.95. The van der Waals surface area contributed by atoms with Crippen molar-refractivity contribution in [1.29, 1.82) is 0 Å². The van der Waals surface area contributed by atoms with E-state index in [4.69, 9.17) is 5.11 Å². The second-order valence-electron chi connectivity index (χ2n) is 5.75. The van der Waals surface area contributed by atoms with Gasteiger partial charge in [0.15, 0.2) is 0 Å². The number of aliphatic carboxylic acids is 1. The smallest absolute Gasteiger partial charge is 0.303 e. The van der Waals surface area contributed by atoms with Crippen LogP contribution in [0.25, 0.3) is 10.9 Å². The molecular weight excluding hydrogens is 294 g/mol. The van der Waals surface area contributed by atoms with E-state index < -0.39 is 5.97 Å². The summed E-state index contributed by atoms with van der Waals surface area (Å²) in [7, 11) is 0. The van der Waals surface area contributed by atoms with Crippen molar-refractivity contribution >= 4 is 16.9 Å². The third kappa shape index (κ3) is 4.63. The van der Waals surface area contributed by atoms with Gasteiger partial charge < -0.3 is 10.1 Å². The van der Waals surface area contributed by atoms with Crippen LogP contribution in [0, 0.1) is 0 Å². The van der Waals surface area contributed by atoms with Gasteiger partial charge in [0.2, 0.25) is 0 Å². The largest absolute Gasteiger partial charge is 0.481 e. The molecule has 2 rings (SSSR count). The number of hydrogen-bond acceptors (Lipinski definition) is 4. The van der Waals surface area contributed by atoms with Crippen LogP contribution < -0.4 is 5.56 Å². The van der Waals surface area contributed by atoms with Crippen molar-refractivity contribution in [3.63, 3.8) is 0 Å². The molecule has 0 bridgehead atoms. The zero-order valence-corrected chi connectivity index (χ0v) is 13.6. The maximum Gasteiger partial charge on any atom is 0.303 e. The van der Waals surface area contributed by atoms with E-state index in [0.717, 1.165) is 6.42 Å². The number of carbonyl (C=O) groups is 1. The minimum absolute atomic E-state index is 0.139. The highest BCUT2D eigenvalue weighted by atomic mass is 16.4. The van der Waals surface area contributed by atoms with Gasteiger partial charge in [0.1, 0.15) is 5.82 Å². The molecule has 6 heteroatoms. The van der Waals surface area contributed by atoms with Crippen molar-refractivity contribution in [3.05, 3.63) is 40.4 Å². The topological polar surface area (TPSA) is 86.3 Å². The highest BCUT2D eigenvalue weighted by Crippen LogP contribution is 2.11. The Balaban J connectivity index is 2.18. The van der Waals surface area contributed by atoms with E-state index in [9.17, 15) is 9.59 Å². The van der Waals surface area contributed by atoms with Crippen LogP contribution in [0.5, 0.6) is 0 Å². The lowest BCUT2D eigenvalue weighted by molar-refractivity contribution is -0.137. The molecule has 0 radical (unpaired) electrons. The van der Waals surface area contributed by atoms with Gasteiger partial charge in [-0.15, -0.1) is 0 Å². The third-order valence-electron chi connectivity index (χ3n) is 4.06. The summed E-state index contributed by atoms with van der Waals surface area (Å²) in [6.45, 7) is 5.36. The van der Waals surface area contributed by atoms with Crippen LogP contribution >= 0.6 is 0 Å². The molecule has 23 heavy (non-hydrogen) atoms. The van der Waals surface area contributed by atoms with Crippen LogP contribution in [-0.2, 0) is 11.3 Å². The predicted molar refractivity (Wildman–Crippen MR) is 89.4 cm³/mol. The molecule has 2 aromatic rings. The Hall–Kier alpha value is -2.21. The predicted octanol–water partition coefficient (Wildman–Crippen LogP) is 2.39. The van der Waals surface area contributed by atoms with Crippen molar-refractivity contribution in [1.82, 2.24) is 14.9 Å². The highest BCUT2D eigenvalue weighted by molar-refractivity contribution is 5.77. The number of nitrogens with one attached hydrogen (secondary N) is 1. The summed E-state index contributed by atoms with van der Waals surface area (Å²) in [5, 5.41) is 9.37. The number of carboxylic acid groups (broad SMARTS) is 1. The fraction of sp³-hybridized carbons (Fsp3) is 0.471. The molecule has 0 saturated heterocycles. The Kier molecular flexibility index (Phi) is 5.87. The van der Waals surface area contributed by atoms with Crippen LogP contribution in [-0.4, -0.2) is 38.5 Å². The summed E-state index contributed by atoms with van der Waals surface area (Å²) in [6.07, 6.45) is 1.68. The molecule has 0 spiro atoms. The fourth-order valence-electron chi connectivity index (χ4n) is 2.55. The van der Waals surface area contributed by atoms with Crippen LogP contribution in [0.4, 0.5) is 0 Å². The lowest BCUT2D eigenvalue weighted by atomic mass is 10.2. The van der Waals surface area contributed by atoms with Crippen LogP contribution in [0.3, 0.4) is 0 Å². The molecule has 0 aliphatic heterocycles. The van der Waals surface area contributed by atoms with E-state index >= 15 is 0 Å². The van der Waals surface area contributed by atoms with Gasteiger partial charge in [-0.2, -0.15) is 0 Å². The molecule has 0 aliphatic rings. The first-order valence-electron chi connectivity index (χ1n) is 7.95. The summed E-state index contributed by atoms with van der Waals surface area (Å²) < 4.78 is 0. The molecular formula is C17H23N3O3. The SMILES string of the molecule is CCC(C)N(CCCC(=O)O)Cc1nc2ccccc2c(=O)[nH]1. The number of fused-ring (bicyclic) bond motifs is 1. The first-order chi connectivity index (χ1) is 11.0. The average molecular weight is 317 g/mol. The first kappa shape index (κ1) is 17.1. The summed E-state index contributed by atoms with van der Waals surface area (Å²) in [4.78, 5) is 32.3. The van der Waals surface area contributed by atoms with Gasteiger partial charge in [-0.3, -0.25) is 14.5 Å². The number of hydrogen-bond donors (Lipinski definition) is 2. The summed E-state index contributed by atoms with van der Waals surface area (Å²) in [6, 6.07) is 7.55. The number of nitrogens with zero attached hydrogens (tertiary/aromatic N) is 2. The second kappa shape index (κ2) is 7.87. The number of carboxylic acids is 1. The number of benzene rings is 1.